The quantitative estimate of drug-likeness (QED) is 0.375. The van der Waals surface area contributed by atoms with Crippen LogP contribution in [0.4, 0.5) is 0 Å². The summed E-state index contributed by atoms with van der Waals surface area (Å²) in [4.78, 5) is 14.1. The Labute approximate surface area is 168 Å². The fourth-order valence-electron chi connectivity index (χ4n) is 3.23. The summed E-state index contributed by atoms with van der Waals surface area (Å²) in [6, 6.07) is 10.9. The maximum Gasteiger partial charge on any atom is 0.192 e. The number of thioether (sulfide) groups is 1. The third-order valence-corrected chi connectivity index (χ3v) is 6.72. The van der Waals surface area contributed by atoms with Gasteiger partial charge in [-0.15, -0.1) is 21.5 Å². The second-order valence-electron chi connectivity index (χ2n) is 6.80. The van der Waals surface area contributed by atoms with E-state index in [2.05, 4.69) is 58.3 Å². The van der Waals surface area contributed by atoms with Crippen molar-refractivity contribution in [1.29, 1.82) is 0 Å². The summed E-state index contributed by atoms with van der Waals surface area (Å²) >= 11 is 3.19. The Bertz CT molecular complexity index is 942. The van der Waals surface area contributed by atoms with Gasteiger partial charge >= 0.3 is 0 Å². The van der Waals surface area contributed by atoms with E-state index in [1.54, 1.807) is 11.3 Å². The molecule has 1 aromatic carbocycles. The van der Waals surface area contributed by atoms with Crippen LogP contribution in [0.1, 0.15) is 54.2 Å². The summed E-state index contributed by atoms with van der Waals surface area (Å²) in [5.41, 5.74) is 3.20. The molecule has 0 atom stereocenters. The van der Waals surface area contributed by atoms with Crippen molar-refractivity contribution in [3.63, 3.8) is 0 Å². The molecule has 1 fully saturated rings. The molecule has 0 amide bonds. The zero-order valence-corrected chi connectivity index (χ0v) is 17.3. The van der Waals surface area contributed by atoms with Gasteiger partial charge in [-0.25, -0.2) is 0 Å². The van der Waals surface area contributed by atoms with E-state index in [-0.39, 0.29) is 5.78 Å². The average molecular weight is 398 g/mol. The van der Waals surface area contributed by atoms with Crippen molar-refractivity contribution in [2.45, 2.75) is 50.7 Å². The normalized spacial score (nSPS) is 13.9. The van der Waals surface area contributed by atoms with Crippen LogP contribution in [0.2, 0.25) is 0 Å². The van der Waals surface area contributed by atoms with Gasteiger partial charge in [0.25, 0.3) is 0 Å². The first kappa shape index (κ1) is 18.4. The molecule has 1 saturated carbocycles. The topological polar surface area (TPSA) is 47.8 Å². The van der Waals surface area contributed by atoms with Crippen LogP contribution in [0.25, 0.3) is 10.7 Å². The van der Waals surface area contributed by atoms with Crippen LogP contribution in [0.15, 0.2) is 40.9 Å². The summed E-state index contributed by atoms with van der Waals surface area (Å²) in [5.74, 6) is 1.51. The highest BCUT2D eigenvalue weighted by Crippen LogP contribution is 2.41. The minimum absolute atomic E-state index is 0.176. The fraction of sp³-hybridized carbons (Fsp3) is 0.381. The molecule has 4 nitrogen and oxygen atoms in total. The van der Waals surface area contributed by atoms with Crippen LogP contribution in [0, 0.1) is 0 Å². The highest BCUT2D eigenvalue weighted by atomic mass is 32.2. The minimum atomic E-state index is 0.176. The highest BCUT2D eigenvalue weighted by Gasteiger charge is 2.30. The maximum atomic E-state index is 12.9. The lowest BCUT2D eigenvalue weighted by Crippen LogP contribution is -2.08. The Kier molecular flexibility index (Phi) is 5.45. The number of Topliss-reactive ketones (excluding diaryl/α,β-unsaturated/α-hetero) is 1. The van der Waals surface area contributed by atoms with Crippen molar-refractivity contribution in [2.75, 3.05) is 5.75 Å². The molecule has 0 radical (unpaired) electrons. The van der Waals surface area contributed by atoms with E-state index >= 15 is 0 Å². The van der Waals surface area contributed by atoms with Crippen molar-refractivity contribution in [1.82, 2.24) is 14.8 Å². The first-order valence-corrected chi connectivity index (χ1v) is 11.3. The summed E-state index contributed by atoms with van der Waals surface area (Å²) in [5, 5.41) is 11.7. The second-order valence-corrected chi connectivity index (χ2v) is 8.69. The van der Waals surface area contributed by atoms with Crippen molar-refractivity contribution < 1.29 is 4.79 Å². The molecule has 0 N–H and O–H groups in total. The van der Waals surface area contributed by atoms with E-state index in [9.17, 15) is 4.79 Å². The molecule has 140 valence electrons. The van der Waals surface area contributed by atoms with Gasteiger partial charge in [-0.2, -0.15) is 0 Å². The van der Waals surface area contributed by atoms with Gasteiger partial charge in [0.2, 0.25) is 0 Å². The summed E-state index contributed by atoms with van der Waals surface area (Å²) < 4.78 is 2.23. The van der Waals surface area contributed by atoms with E-state index in [0.29, 0.717) is 11.8 Å². The van der Waals surface area contributed by atoms with E-state index in [1.807, 2.05) is 6.07 Å². The maximum absolute atomic E-state index is 12.9. The second kappa shape index (κ2) is 7.98. The SMILES string of the molecule is CCc1ccc(CC)c(C(=O)CSc2nnc(-c3cccs3)n2C2CC2)c1. The first-order valence-electron chi connectivity index (χ1n) is 9.47. The number of benzene rings is 1. The van der Waals surface area contributed by atoms with Crippen LogP contribution >= 0.6 is 23.1 Å². The Morgan fingerprint density at radius 3 is 2.74 bits per heavy atom. The predicted molar refractivity (Wildman–Crippen MR) is 112 cm³/mol. The van der Waals surface area contributed by atoms with Crippen molar-refractivity contribution in [3.8, 4) is 10.7 Å². The molecule has 1 aliphatic carbocycles. The molecule has 3 aromatic rings. The highest BCUT2D eigenvalue weighted by molar-refractivity contribution is 7.99. The fourth-order valence-corrected chi connectivity index (χ4v) is 4.82. The molecule has 0 unspecified atom stereocenters. The van der Waals surface area contributed by atoms with Gasteiger partial charge in [0.05, 0.1) is 10.6 Å². The molecule has 0 saturated heterocycles. The average Bonchev–Trinajstić information content (AvgIpc) is 3.22. The van der Waals surface area contributed by atoms with Crippen LogP contribution < -0.4 is 0 Å². The number of rotatable bonds is 8. The number of nitrogens with zero attached hydrogens (tertiary/aromatic N) is 3. The van der Waals surface area contributed by atoms with Crippen LogP contribution in [0.5, 0.6) is 0 Å². The number of hydrogen-bond acceptors (Lipinski definition) is 5. The van der Waals surface area contributed by atoms with Crippen molar-refractivity contribution in [3.05, 3.63) is 52.4 Å². The molecule has 1 aliphatic rings. The first-order chi connectivity index (χ1) is 13.2. The number of aryl methyl sites for hydroxylation is 2. The lowest BCUT2D eigenvalue weighted by Gasteiger charge is -2.10. The molecular formula is C21H23N3OS2. The zero-order valence-electron chi connectivity index (χ0n) is 15.6. The Balaban J connectivity index is 1.55. The number of aromatic nitrogens is 3. The van der Waals surface area contributed by atoms with E-state index in [0.717, 1.165) is 52.7 Å². The molecule has 0 spiro atoms. The van der Waals surface area contributed by atoms with E-state index in [4.69, 9.17) is 0 Å². The molecule has 27 heavy (non-hydrogen) atoms. The number of thiophene rings is 1. The zero-order chi connectivity index (χ0) is 18.8. The number of carbonyl (C=O) groups excluding carboxylic acids is 1. The predicted octanol–water partition coefficient (Wildman–Crippen LogP) is 5.44. The van der Waals surface area contributed by atoms with Gasteiger partial charge in [0.15, 0.2) is 16.8 Å². The summed E-state index contributed by atoms with van der Waals surface area (Å²) in [7, 11) is 0. The molecule has 0 bridgehead atoms. The van der Waals surface area contributed by atoms with Crippen LogP contribution in [-0.2, 0) is 12.8 Å². The number of ketones is 1. The smallest absolute Gasteiger partial charge is 0.192 e. The van der Waals surface area contributed by atoms with Gasteiger partial charge in [0, 0.05) is 11.6 Å². The minimum Gasteiger partial charge on any atom is -0.298 e. The molecule has 4 rings (SSSR count). The van der Waals surface area contributed by atoms with Crippen LogP contribution in [-0.4, -0.2) is 26.3 Å². The number of carbonyl (C=O) groups is 1. The third kappa shape index (κ3) is 3.87. The Morgan fingerprint density at radius 2 is 2.07 bits per heavy atom. The van der Waals surface area contributed by atoms with E-state index < -0.39 is 0 Å². The molecule has 2 heterocycles. The van der Waals surface area contributed by atoms with Gasteiger partial charge in [-0.3, -0.25) is 9.36 Å². The largest absolute Gasteiger partial charge is 0.298 e. The Hall–Kier alpha value is -1.92. The standard InChI is InChI=1S/C21H23N3OS2/c1-3-14-7-8-15(4-2)17(12-14)18(25)13-27-21-23-22-20(19-6-5-11-26-19)24(21)16-9-10-16/h5-8,11-12,16H,3-4,9-10,13H2,1-2H3. The van der Waals surface area contributed by atoms with E-state index in [1.165, 1.54) is 17.3 Å². The lowest BCUT2D eigenvalue weighted by atomic mass is 9.98. The summed E-state index contributed by atoms with van der Waals surface area (Å²) in [6.07, 6.45) is 4.14. The summed E-state index contributed by atoms with van der Waals surface area (Å²) in [6.45, 7) is 4.22. The number of hydrogen-bond donors (Lipinski definition) is 0. The molecule has 0 aliphatic heterocycles. The monoisotopic (exact) mass is 397 g/mol. The third-order valence-electron chi connectivity index (χ3n) is 4.91. The van der Waals surface area contributed by atoms with Crippen molar-refractivity contribution in [2.24, 2.45) is 0 Å². The molecule has 6 heteroatoms. The lowest BCUT2D eigenvalue weighted by molar-refractivity contribution is 0.102. The molecular weight excluding hydrogens is 374 g/mol. The van der Waals surface area contributed by atoms with Crippen molar-refractivity contribution >= 4 is 28.9 Å². The van der Waals surface area contributed by atoms with Gasteiger partial charge in [0.1, 0.15) is 0 Å². The Morgan fingerprint density at radius 1 is 1.22 bits per heavy atom. The molecule has 2 aromatic heterocycles. The van der Waals surface area contributed by atoms with Gasteiger partial charge in [-0.05, 0) is 54.3 Å². The van der Waals surface area contributed by atoms with Gasteiger partial charge in [-0.1, -0.05) is 43.8 Å². The van der Waals surface area contributed by atoms with Gasteiger partial charge < -0.3 is 0 Å². The van der Waals surface area contributed by atoms with Crippen LogP contribution in [0.3, 0.4) is 0 Å².